The Balaban J connectivity index is 3.50. The highest BCUT2D eigenvalue weighted by Gasteiger charge is 2.16. The number of alkyl halides is 1. The number of carboxylic acids is 1. The zero-order valence-corrected chi connectivity index (χ0v) is 5.60. The summed E-state index contributed by atoms with van der Waals surface area (Å²) in [4.78, 5) is 9.86. The van der Waals surface area contributed by atoms with E-state index in [1.807, 2.05) is 0 Å². The van der Waals surface area contributed by atoms with Crippen molar-refractivity contribution in [1.82, 2.24) is 0 Å². The molecule has 0 rings (SSSR count). The van der Waals surface area contributed by atoms with E-state index in [-0.39, 0.29) is 12.3 Å². The van der Waals surface area contributed by atoms with Crippen LogP contribution in [0.15, 0.2) is 0 Å². The van der Waals surface area contributed by atoms with Crippen LogP contribution in [0.4, 0.5) is 4.39 Å². The van der Waals surface area contributed by atoms with Gasteiger partial charge in [0.05, 0.1) is 0 Å². The summed E-state index contributed by atoms with van der Waals surface area (Å²) in [5.74, 6) is -1.25. The van der Waals surface area contributed by atoms with E-state index in [2.05, 4.69) is 0 Å². The lowest BCUT2D eigenvalue weighted by Gasteiger charge is -2.04. The predicted octanol–water partition coefficient (Wildman–Crippen LogP) is 1.46. The van der Waals surface area contributed by atoms with Gasteiger partial charge in [-0.1, -0.05) is 13.8 Å². The molecule has 0 radical (unpaired) electrons. The molecule has 0 aliphatic heterocycles. The number of rotatable bonds is 3. The first-order valence-corrected chi connectivity index (χ1v) is 2.91. The van der Waals surface area contributed by atoms with E-state index in [4.69, 9.17) is 5.11 Å². The van der Waals surface area contributed by atoms with Crippen LogP contribution in [0.3, 0.4) is 0 Å². The molecule has 3 heteroatoms. The van der Waals surface area contributed by atoms with Gasteiger partial charge in [0.15, 0.2) is 6.17 Å². The third kappa shape index (κ3) is 3.94. The molecule has 0 aromatic rings. The molecule has 0 fully saturated rings. The Morgan fingerprint density at radius 1 is 1.67 bits per heavy atom. The van der Waals surface area contributed by atoms with Crippen LogP contribution in [0.25, 0.3) is 0 Å². The second-order valence-corrected chi connectivity index (χ2v) is 2.44. The fourth-order valence-electron chi connectivity index (χ4n) is 0.515. The summed E-state index contributed by atoms with van der Waals surface area (Å²) < 4.78 is 12.2. The molecular formula is C6H11FO2. The third-order valence-corrected chi connectivity index (χ3v) is 0.946. The molecule has 1 N–H and O–H groups in total. The van der Waals surface area contributed by atoms with Crippen molar-refractivity contribution >= 4 is 5.97 Å². The average molecular weight is 134 g/mol. The lowest BCUT2D eigenvalue weighted by atomic mass is 10.1. The van der Waals surface area contributed by atoms with Gasteiger partial charge in [0.2, 0.25) is 0 Å². The Kier molecular flexibility index (Phi) is 3.20. The van der Waals surface area contributed by atoms with Gasteiger partial charge in [-0.3, -0.25) is 0 Å². The molecule has 0 heterocycles. The van der Waals surface area contributed by atoms with Gasteiger partial charge in [0.1, 0.15) is 0 Å². The highest BCUT2D eigenvalue weighted by Crippen LogP contribution is 2.07. The molecule has 9 heavy (non-hydrogen) atoms. The molecule has 54 valence electrons. The minimum Gasteiger partial charge on any atom is -0.479 e. The summed E-state index contributed by atoms with van der Waals surface area (Å²) in [5, 5.41) is 8.06. The topological polar surface area (TPSA) is 37.3 Å². The largest absolute Gasteiger partial charge is 0.479 e. The lowest BCUT2D eigenvalue weighted by Crippen LogP contribution is -2.16. The normalized spacial score (nSPS) is 13.8. The fraction of sp³-hybridized carbons (Fsp3) is 0.833. The third-order valence-electron chi connectivity index (χ3n) is 0.946. The number of hydrogen-bond acceptors (Lipinski definition) is 1. The first-order valence-electron chi connectivity index (χ1n) is 2.91. The quantitative estimate of drug-likeness (QED) is 0.634. The first kappa shape index (κ1) is 8.40. The van der Waals surface area contributed by atoms with E-state index < -0.39 is 12.1 Å². The van der Waals surface area contributed by atoms with Crippen LogP contribution in [0.1, 0.15) is 20.3 Å². The van der Waals surface area contributed by atoms with Crippen molar-refractivity contribution in [3.8, 4) is 0 Å². The SMILES string of the molecule is CC(C)C[C@@H](F)C(=O)O. The summed E-state index contributed by atoms with van der Waals surface area (Å²) in [6.07, 6.45) is -1.58. The number of carbonyl (C=O) groups is 1. The van der Waals surface area contributed by atoms with Gasteiger partial charge in [-0.15, -0.1) is 0 Å². The summed E-state index contributed by atoms with van der Waals surface area (Å²) in [7, 11) is 0. The van der Waals surface area contributed by atoms with Crippen LogP contribution >= 0.6 is 0 Å². The zero-order valence-electron chi connectivity index (χ0n) is 5.60. The van der Waals surface area contributed by atoms with Crippen LogP contribution in [0.2, 0.25) is 0 Å². The van der Waals surface area contributed by atoms with Crippen LogP contribution in [0, 0.1) is 5.92 Å². The Labute approximate surface area is 53.7 Å². The Morgan fingerprint density at radius 2 is 2.11 bits per heavy atom. The average Bonchev–Trinajstić information content (AvgIpc) is 1.63. The van der Waals surface area contributed by atoms with Crippen molar-refractivity contribution in [2.45, 2.75) is 26.4 Å². The molecule has 1 atom stereocenters. The highest BCUT2D eigenvalue weighted by molar-refractivity contribution is 5.71. The molecular weight excluding hydrogens is 123 g/mol. The van der Waals surface area contributed by atoms with Crippen LogP contribution < -0.4 is 0 Å². The number of aliphatic carboxylic acids is 1. The summed E-state index contributed by atoms with van der Waals surface area (Å²) in [6.45, 7) is 3.57. The molecule has 0 amide bonds. The zero-order chi connectivity index (χ0) is 7.44. The van der Waals surface area contributed by atoms with Crippen molar-refractivity contribution in [2.24, 2.45) is 5.92 Å². The van der Waals surface area contributed by atoms with Crippen LogP contribution in [-0.4, -0.2) is 17.2 Å². The molecule has 0 aromatic heterocycles. The van der Waals surface area contributed by atoms with Crippen molar-refractivity contribution in [3.63, 3.8) is 0 Å². The predicted molar refractivity (Wildman–Crippen MR) is 32.0 cm³/mol. The molecule has 0 aliphatic rings. The lowest BCUT2D eigenvalue weighted by molar-refractivity contribution is -0.143. The molecule has 0 spiro atoms. The van der Waals surface area contributed by atoms with Gasteiger partial charge in [-0.05, 0) is 12.3 Å². The molecule has 0 saturated carbocycles. The van der Waals surface area contributed by atoms with Crippen LogP contribution in [-0.2, 0) is 4.79 Å². The smallest absolute Gasteiger partial charge is 0.338 e. The van der Waals surface area contributed by atoms with Gasteiger partial charge in [0, 0.05) is 0 Å². The van der Waals surface area contributed by atoms with Gasteiger partial charge in [-0.2, -0.15) is 0 Å². The molecule has 0 aromatic carbocycles. The Morgan fingerprint density at radius 3 is 2.22 bits per heavy atom. The second kappa shape index (κ2) is 3.43. The van der Waals surface area contributed by atoms with Crippen molar-refractivity contribution < 1.29 is 14.3 Å². The number of carboxylic acid groups (broad SMARTS) is 1. The van der Waals surface area contributed by atoms with Gasteiger partial charge in [-0.25, -0.2) is 9.18 Å². The second-order valence-electron chi connectivity index (χ2n) is 2.44. The standard InChI is InChI=1S/C6H11FO2/c1-4(2)3-5(7)6(8)9/h4-5H,3H2,1-2H3,(H,8,9)/t5-/m1/s1. The molecule has 2 nitrogen and oxygen atoms in total. The van der Waals surface area contributed by atoms with E-state index in [0.29, 0.717) is 0 Å². The van der Waals surface area contributed by atoms with Crippen molar-refractivity contribution in [2.75, 3.05) is 0 Å². The minimum absolute atomic E-state index is 0.106. The van der Waals surface area contributed by atoms with E-state index in [1.165, 1.54) is 0 Å². The Bertz CT molecular complexity index is 101. The maximum Gasteiger partial charge on any atom is 0.338 e. The Hall–Kier alpha value is -0.600. The summed E-state index contributed by atoms with van der Waals surface area (Å²) >= 11 is 0. The maximum absolute atomic E-state index is 12.2. The number of hydrogen-bond donors (Lipinski definition) is 1. The number of halogens is 1. The molecule has 0 saturated heterocycles. The highest BCUT2D eigenvalue weighted by atomic mass is 19.1. The fourth-order valence-corrected chi connectivity index (χ4v) is 0.515. The van der Waals surface area contributed by atoms with E-state index in [9.17, 15) is 9.18 Å². The van der Waals surface area contributed by atoms with Gasteiger partial charge < -0.3 is 5.11 Å². The van der Waals surface area contributed by atoms with Crippen molar-refractivity contribution in [1.29, 1.82) is 0 Å². The van der Waals surface area contributed by atoms with Crippen LogP contribution in [0.5, 0.6) is 0 Å². The first-order chi connectivity index (χ1) is 4.04. The summed E-state index contributed by atoms with van der Waals surface area (Å²) in [5.41, 5.74) is 0. The minimum atomic E-state index is -1.69. The van der Waals surface area contributed by atoms with E-state index in [0.717, 1.165) is 0 Å². The molecule has 0 bridgehead atoms. The van der Waals surface area contributed by atoms with E-state index in [1.54, 1.807) is 13.8 Å². The molecule has 0 aliphatic carbocycles. The summed E-state index contributed by atoms with van der Waals surface area (Å²) in [6, 6.07) is 0. The monoisotopic (exact) mass is 134 g/mol. The van der Waals surface area contributed by atoms with Gasteiger partial charge >= 0.3 is 5.97 Å². The van der Waals surface area contributed by atoms with Crippen molar-refractivity contribution in [3.05, 3.63) is 0 Å². The maximum atomic E-state index is 12.2. The van der Waals surface area contributed by atoms with Gasteiger partial charge in [0.25, 0.3) is 0 Å². The molecule has 0 unspecified atom stereocenters. The van der Waals surface area contributed by atoms with E-state index >= 15 is 0 Å².